The van der Waals surface area contributed by atoms with Crippen LogP contribution in [0.3, 0.4) is 0 Å². The average Bonchev–Trinajstić information content (AvgIpc) is 2.42. The van der Waals surface area contributed by atoms with E-state index in [0.717, 1.165) is 25.0 Å². The van der Waals surface area contributed by atoms with Crippen molar-refractivity contribution in [3.63, 3.8) is 0 Å². The van der Waals surface area contributed by atoms with E-state index in [1.54, 1.807) is 6.20 Å². The Bertz CT molecular complexity index is 340. The van der Waals surface area contributed by atoms with Crippen LogP contribution in [0.15, 0.2) is 24.4 Å². The fourth-order valence-corrected chi connectivity index (χ4v) is 1.90. The number of aromatic nitrogens is 1. The summed E-state index contributed by atoms with van der Waals surface area (Å²) in [5.41, 5.74) is 6.43. The molecule has 0 aliphatic carbocycles. The number of pyridine rings is 1. The standard InChI is InChI=1S/C14H23N3O/c1-2-12(8-9-15)6-7-14(18)17-11-13-5-3-4-10-16-13/h3-5,10,12H,2,6-9,11,15H2,1H3,(H,17,18). The van der Waals surface area contributed by atoms with Crippen molar-refractivity contribution in [2.24, 2.45) is 11.7 Å². The van der Waals surface area contributed by atoms with E-state index >= 15 is 0 Å². The van der Waals surface area contributed by atoms with E-state index in [4.69, 9.17) is 5.73 Å². The van der Waals surface area contributed by atoms with Crippen molar-refractivity contribution in [2.45, 2.75) is 39.2 Å². The zero-order chi connectivity index (χ0) is 13.2. The molecule has 100 valence electrons. The molecule has 0 saturated carbocycles. The van der Waals surface area contributed by atoms with Gasteiger partial charge in [-0.2, -0.15) is 0 Å². The van der Waals surface area contributed by atoms with Gasteiger partial charge >= 0.3 is 0 Å². The van der Waals surface area contributed by atoms with Crippen LogP contribution in [-0.2, 0) is 11.3 Å². The van der Waals surface area contributed by atoms with Gasteiger partial charge in [0.05, 0.1) is 12.2 Å². The molecule has 1 atom stereocenters. The van der Waals surface area contributed by atoms with Crippen LogP contribution in [0.1, 0.15) is 38.3 Å². The highest BCUT2D eigenvalue weighted by atomic mass is 16.1. The van der Waals surface area contributed by atoms with Gasteiger partial charge in [0.15, 0.2) is 0 Å². The third-order valence-electron chi connectivity index (χ3n) is 3.12. The third-order valence-corrected chi connectivity index (χ3v) is 3.12. The summed E-state index contributed by atoms with van der Waals surface area (Å²) < 4.78 is 0. The van der Waals surface area contributed by atoms with Crippen molar-refractivity contribution < 1.29 is 4.79 Å². The van der Waals surface area contributed by atoms with Gasteiger partial charge in [0, 0.05) is 12.6 Å². The Hall–Kier alpha value is -1.42. The number of carbonyl (C=O) groups excluding carboxylic acids is 1. The number of hydrogen-bond donors (Lipinski definition) is 2. The SMILES string of the molecule is CCC(CCN)CCC(=O)NCc1ccccn1. The average molecular weight is 249 g/mol. The molecule has 18 heavy (non-hydrogen) atoms. The molecule has 0 aromatic carbocycles. The molecule has 0 saturated heterocycles. The van der Waals surface area contributed by atoms with Crippen LogP contribution in [0.2, 0.25) is 0 Å². The number of nitrogens with one attached hydrogen (secondary N) is 1. The quantitative estimate of drug-likeness (QED) is 0.739. The van der Waals surface area contributed by atoms with Gasteiger partial charge in [0.2, 0.25) is 5.91 Å². The molecule has 1 aromatic rings. The molecule has 1 unspecified atom stereocenters. The predicted molar refractivity (Wildman–Crippen MR) is 72.8 cm³/mol. The summed E-state index contributed by atoms with van der Waals surface area (Å²) in [7, 11) is 0. The van der Waals surface area contributed by atoms with E-state index in [1.165, 1.54) is 0 Å². The fraction of sp³-hybridized carbons (Fsp3) is 0.571. The van der Waals surface area contributed by atoms with E-state index in [0.29, 0.717) is 25.4 Å². The van der Waals surface area contributed by atoms with Crippen molar-refractivity contribution >= 4 is 5.91 Å². The summed E-state index contributed by atoms with van der Waals surface area (Å²) in [5.74, 6) is 0.659. The lowest BCUT2D eigenvalue weighted by molar-refractivity contribution is -0.121. The number of rotatable bonds is 8. The summed E-state index contributed by atoms with van der Waals surface area (Å²) in [4.78, 5) is 15.8. The molecule has 1 heterocycles. The molecule has 0 radical (unpaired) electrons. The van der Waals surface area contributed by atoms with Crippen molar-refractivity contribution in [2.75, 3.05) is 6.54 Å². The molecule has 0 aliphatic rings. The lowest BCUT2D eigenvalue weighted by Gasteiger charge is -2.13. The third kappa shape index (κ3) is 5.77. The minimum absolute atomic E-state index is 0.0936. The first-order valence-corrected chi connectivity index (χ1v) is 6.63. The fourth-order valence-electron chi connectivity index (χ4n) is 1.90. The van der Waals surface area contributed by atoms with Gasteiger partial charge in [-0.3, -0.25) is 9.78 Å². The number of amides is 1. The zero-order valence-electron chi connectivity index (χ0n) is 11.1. The highest BCUT2D eigenvalue weighted by Crippen LogP contribution is 2.14. The van der Waals surface area contributed by atoms with Crippen LogP contribution in [0.4, 0.5) is 0 Å². The Morgan fingerprint density at radius 3 is 2.89 bits per heavy atom. The van der Waals surface area contributed by atoms with Gasteiger partial charge in [0.25, 0.3) is 0 Å². The van der Waals surface area contributed by atoms with E-state index in [-0.39, 0.29) is 5.91 Å². The van der Waals surface area contributed by atoms with E-state index in [2.05, 4.69) is 17.2 Å². The van der Waals surface area contributed by atoms with Gasteiger partial charge in [-0.15, -0.1) is 0 Å². The van der Waals surface area contributed by atoms with Crippen molar-refractivity contribution in [1.29, 1.82) is 0 Å². The van der Waals surface area contributed by atoms with Gasteiger partial charge in [-0.25, -0.2) is 0 Å². The van der Waals surface area contributed by atoms with Gasteiger partial charge in [-0.05, 0) is 37.4 Å². The first-order chi connectivity index (χ1) is 8.76. The van der Waals surface area contributed by atoms with E-state index in [9.17, 15) is 4.79 Å². The lowest BCUT2D eigenvalue weighted by atomic mass is 9.96. The number of nitrogens with two attached hydrogens (primary N) is 1. The Kier molecular flexibility index (Phi) is 7.03. The molecule has 0 bridgehead atoms. The summed E-state index contributed by atoms with van der Waals surface area (Å²) in [6.07, 6.45) is 5.32. The number of nitrogens with zero attached hydrogens (tertiary/aromatic N) is 1. The molecule has 0 fully saturated rings. The maximum Gasteiger partial charge on any atom is 0.220 e. The van der Waals surface area contributed by atoms with Crippen LogP contribution >= 0.6 is 0 Å². The van der Waals surface area contributed by atoms with Crippen LogP contribution in [0.5, 0.6) is 0 Å². The van der Waals surface area contributed by atoms with Crippen LogP contribution in [0, 0.1) is 5.92 Å². The topological polar surface area (TPSA) is 68.0 Å². The molecule has 4 heteroatoms. The normalized spacial score (nSPS) is 12.1. The minimum atomic E-state index is 0.0936. The highest BCUT2D eigenvalue weighted by Gasteiger charge is 2.08. The van der Waals surface area contributed by atoms with E-state index < -0.39 is 0 Å². The molecular formula is C14H23N3O. The number of carbonyl (C=O) groups is 1. The maximum atomic E-state index is 11.7. The van der Waals surface area contributed by atoms with E-state index in [1.807, 2.05) is 18.2 Å². The van der Waals surface area contributed by atoms with Gasteiger partial charge in [-0.1, -0.05) is 19.4 Å². The monoisotopic (exact) mass is 249 g/mol. The second-order valence-corrected chi connectivity index (χ2v) is 4.49. The largest absolute Gasteiger partial charge is 0.350 e. The molecule has 1 amide bonds. The molecular weight excluding hydrogens is 226 g/mol. The summed E-state index contributed by atoms with van der Waals surface area (Å²) in [6, 6.07) is 5.69. The lowest BCUT2D eigenvalue weighted by Crippen LogP contribution is -2.23. The van der Waals surface area contributed by atoms with Crippen molar-refractivity contribution in [1.82, 2.24) is 10.3 Å². The van der Waals surface area contributed by atoms with Crippen LogP contribution in [0.25, 0.3) is 0 Å². The molecule has 1 aromatic heterocycles. The molecule has 4 nitrogen and oxygen atoms in total. The Morgan fingerprint density at radius 1 is 1.44 bits per heavy atom. The minimum Gasteiger partial charge on any atom is -0.350 e. The number of hydrogen-bond acceptors (Lipinski definition) is 3. The van der Waals surface area contributed by atoms with Gasteiger partial charge in [0.1, 0.15) is 0 Å². The molecule has 3 N–H and O–H groups in total. The maximum absolute atomic E-state index is 11.7. The highest BCUT2D eigenvalue weighted by molar-refractivity contribution is 5.75. The second kappa shape index (κ2) is 8.64. The Labute approximate surface area is 109 Å². The Balaban J connectivity index is 2.21. The summed E-state index contributed by atoms with van der Waals surface area (Å²) >= 11 is 0. The second-order valence-electron chi connectivity index (χ2n) is 4.49. The smallest absolute Gasteiger partial charge is 0.220 e. The first kappa shape index (κ1) is 14.6. The molecule has 1 rings (SSSR count). The molecule has 0 spiro atoms. The van der Waals surface area contributed by atoms with Gasteiger partial charge < -0.3 is 11.1 Å². The van der Waals surface area contributed by atoms with Crippen molar-refractivity contribution in [3.05, 3.63) is 30.1 Å². The first-order valence-electron chi connectivity index (χ1n) is 6.63. The summed E-state index contributed by atoms with van der Waals surface area (Å²) in [5, 5.41) is 2.89. The summed E-state index contributed by atoms with van der Waals surface area (Å²) in [6.45, 7) is 3.35. The van der Waals surface area contributed by atoms with Crippen molar-refractivity contribution in [3.8, 4) is 0 Å². The molecule has 0 aliphatic heterocycles. The van der Waals surface area contributed by atoms with Crippen LogP contribution in [-0.4, -0.2) is 17.4 Å². The Morgan fingerprint density at radius 2 is 2.28 bits per heavy atom. The zero-order valence-corrected chi connectivity index (χ0v) is 11.1. The van der Waals surface area contributed by atoms with Crippen LogP contribution < -0.4 is 11.1 Å². The predicted octanol–water partition coefficient (Wildman–Crippen LogP) is 1.85.